The first-order valence-electron chi connectivity index (χ1n) is 8.69. The van der Waals surface area contributed by atoms with Gasteiger partial charge in [-0.1, -0.05) is 6.07 Å². The Kier molecular flexibility index (Phi) is 7.55. The van der Waals surface area contributed by atoms with Crippen LogP contribution in [-0.2, 0) is 14.3 Å². The van der Waals surface area contributed by atoms with E-state index in [2.05, 4.69) is 16.0 Å². The Morgan fingerprint density at radius 2 is 2.04 bits per heavy atom. The number of carboxylic acids is 1. The molecule has 0 spiro atoms. The number of anilines is 1. The van der Waals surface area contributed by atoms with Crippen molar-refractivity contribution in [2.24, 2.45) is 0 Å². The van der Waals surface area contributed by atoms with E-state index in [9.17, 15) is 14.4 Å². The maximum atomic E-state index is 12.2. The van der Waals surface area contributed by atoms with Crippen LogP contribution in [-0.4, -0.2) is 54.7 Å². The van der Waals surface area contributed by atoms with Crippen molar-refractivity contribution in [3.05, 3.63) is 29.8 Å². The molecule has 142 valence electrons. The molecule has 2 rings (SSSR count). The molecular weight excluding hydrogens is 338 g/mol. The molecule has 8 heteroatoms. The number of benzene rings is 1. The van der Waals surface area contributed by atoms with Gasteiger partial charge in [-0.15, -0.1) is 0 Å². The second kappa shape index (κ2) is 9.88. The third-order valence-electron chi connectivity index (χ3n) is 4.00. The van der Waals surface area contributed by atoms with Gasteiger partial charge in [0.2, 0.25) is 5.91 Å². The van der Waals surface area contributed by atoms with Gasteiger partial charge in [0.1, 0.15) is 6.61 Å². The van der Waals surface area contributed by atoms with Crippen molar-refractivity contribution in [3.8, 4) is 0 Å². The van der Waals surface area contributed by atoms with Crippen LogP contribution in [0.1, 0.15) is 36.5 Å². The number of carboxylic acid groups (broad SMARTS) is 1. The van der Waals surface area contributed by atoms with Crippen molar-refractivity contribution in [2.75, 3.05) is 25.0 Å². The fraction of sp³-hybridized carbons (Fsp3) is 0.500. The van der Waals surface area contributed by atoms with E-state index in [1.807, 2.05) is 0 Å². The molecule has 1 aromatic rings. The van der Waals surface area contributed by atoms with E-state index in [-0.39, 0.29) is 30.9 Å². The number of aliphatic carboxylic acids is 1. The Labute approximate surface area is 152 Å². The van der Waals surface area contributed by atoms with Crippen LogP contribution in [0.15, 0.2) is 24.3 Å². The first kappa shape index (κ1) is 19.9. The number of hydrogen-bond acceptors (Lipinski definition) is 5. The van der Waals surface area contributed by atoms with E-state index in [0.717, 1.165) is 25.9 Å². The summed E-state index contributed by atoms with van der Waals surface area (Å²) in [5.74, 6) is -1.64. The van der Waals surface area contributed by atoms with Crippen molar-refractivity contribution < 1.29 is 24.2 Å². The van der Waals surface area contributed by atoms with E-state index in [4.69, 9.17) is 9.84 Å². The Bertz CT molecular complexity index is 643. The highest BCUT2D eigenvalue weighted by Gasteiger charge is 2.16. The molecule has 1 unspecified atom stereocenters. The van der Waals surface area contributed by atoms with Gasteiger partial charge in [0.05, 0.1) is 12.5 Å². The van der Waals surface area contributed by atoms with Crippen LogP contribution in [0, 0.1) is 0 Å². The van der Waals surface area contributed by atoms with Gasteiger partial charge in [-0.2, -0.15) is 0 Å². The smallest absolute Gasteiger partial charge is 0.305 e. The SMILES string of the molecule is CC(CC(=O)O)NC(=O)c1cccc(NC(=O)COC2CCNCC2)c1. The largest absolute Gasteiger partial charge is 0.481 e. The van der Waals surface area contributed by atoms with Crippen LogP contribution in [0.25, 0.3) is 0 Å². The molecular formula is C18H25N3O5. The van der Waals surface area contributed by atoms with Crippen molar-refractivity contribution >= 4 is 23.5 Å². The summed E-state index contributed by atoms with van der Waals surface area (Å²) in [4.78, 5) is 34.8. The second-order valence-electron chi connectivity index (χ2n) is 6.36. The summed E-state index contributed by atoms with van der Waals surface area (Å²) in [6.07, 6.45) is 1.71. The summed E-state index contributed by atoms with van der Waals surface area (Å²) in [6, 6.07) is 5.99. The molecule has 1 saturated heterocycles. The van der Waals surface area contributed by atoms with Gasteiger partial charge in [-0.3, -0.25) is 14.4 Å². The molecule has 8 nitrogen and oxygen atoms in total. The number of carbonyl (C=O) groups is 3. The van der Waals surface area contributed by atoms with Gasteiger partial charge in [0, 0.05) is 17.3 Å². The summed E-state index contributed by atoms with van der Waals surface area (Å²) < 4.78 is 5.60. The lowest BCUT2D eigenvalue weighted by Crippen LogP contribution is -2.34. The van der Waals surface area contributed by atoms with Crippen LogP contribution < -0.4 is 16.0 Å². The Morgan fingerprint density at radius 3 is 2.73 bits per heavy atom. The number of carbonyl (C=O) groups excluding carboxylic acids is 2. The quantitative estimate of drug-likeness (QED) is 0.547. The number of ether oxygens (including phenoxy) is 1. The highest BCUT2D eigenvalue weighted by Crippen LogP contribution is 2.12. The van der Waals surface area contributed by atoms with Gasteiger partial charge in [-0.25, -0.2) is 0 Å². The van der Waals surface area contributed by atoms with Crippen molar-refractivity contribution in [3.63, 3.8) is 0 Å². The highest BCUT2D eigenvalue weighted by atomic mass is 16.5. The van der Waals surface area contributed by atoms with E-state index in [0.29, 0.717) is 11.3 Å². The van der Waals surface area contributed by atoms with E-state index < -0.39 is 12.0 Å². The number of piperidine rings is 1. The average molecular weight is 363 g/mol. The van der Waals surface area contributed by atoms with E-state index in [1.165, 1.54) is 0 Å². The Morgan fingerprint density at radius 1 is 1.31 bits per heavy atom. The standard InChI is InChI=1S/C18H25N3O5/c1-12(9-17(23)24)20-18(25)13-3-2-4-14(10-13)21-16(22)11-26-15-5-7-19-8-6-15/h2-4,10,12,15,19H,5-9,11H2,1H3,(H,20,25)(H,21,22)(H,23,24). The van der Waals surface area contributed by atoms with E-state index >= 15 is 0 Å². The van der Waals surface area contributed by atoms with Gasteiger partial charge in [0.15, 0.2) is 0 Å². The minimum atomic E-state index is -0.979. The number of nitrogens with one attached hydrogen (secondary N) is 3. The van der Waals surface area contributed by atoms with Gasteiger partial charge in [0.25, 0.3) is 5.91 Å². The minimum Gasteiger partial charge on any atom is -0.481 e. The molecule has 1 aliphatic rings. The van der Waals surface area contributed by atoms with Crippen LogP contribution in [0.4, 0.5) is 5.69 Å². The fourth-order valence-electron chi connectivity index (χ4n) is 2.71. The van der Waals surface area contributed by atoms with Crippen LogP contribution >= 0.6 is 0 Å². The number of hydrogen-bond donors (Lipinski definition) is 4. The molecule has 0 aliphatic carbocycles. The lowest BCUT2D eigenvalue weighted by Gasteiger charge is -2.22. The lowest BCUT2D eigenvalue weighted by atomic mass is 10.1. The van der Waals surface area contributed by atoms with Crippen molar-refractivity contribution in [2.45, 2.75) is 38.3 Å². The monoisotopic (exact) mass is 363 g/mol. The third kappa shape index (κ3) is 6.81. The van der Waals surface area contributed by atoms with Crippen LogP contribution in [0.5, 0.6) is 0 Å². The predicted molar refractivity (Wildman–Crippen MR) is 96.1 cm³/mol. The lowest BCUT2D eigenvalue weighted by molar-refractivity contribution is -0.137. The second-order valence-corrected chi connectivity index (χ2v) is 6.36. The average Bonchev–Trinajstić information content (AvgIpc) is 2.60. The van der Waals surface area contributed by atoms with Gasteiger partial charge >= 0.3 is 5.97 Å². The molecule has 1 fully saturated rings. The zero-order valence-electron chi connectivity index (χ0n) is 14.8. The topological polar surface area (TPSA) is 117 Å². The molecule has 0 aromatic heterocycles. The molecule has 0 saturated carbocycles. The summed E-state index contributed by atoms with van der Waals surface area (Å²) >= 11 is 0. The number of rotatable bonds is 8. The van der Waals surface area contributed by atoms with Crippen molar-refractivity contribution in [1.82, 2.24) is 10.6 Å². The zero-order chi connectivity index (χ0) is 18.9. The Balaban J connectivity index is 1.84. The highest BCUT2D eigenvalue weighted by molar-refractivity contribution is 5.97. The maximum absolute atomic E-state index is 12.2. The van der Waals surface area contributed by atoms with E-state index in [1.54, 1.807) is 31.2 Å². The molecule has 26 heavy (non-hydrogen) atoms. The third-order valence-corrected chi connectivity index (χ3v) is 4.00. The summed E-state index contributed by atoms with van der Waals surface area (Å²) in [5.41, 5.74) is 0.835. The summed E-state index contributed by atoms with van der Waals surface area (Å²) in [7, 11) is 0. The predicted octanol–water partition coefficient (Wildman–Crippen LogP) is 0.987. The van der Waals surface area contributed by atoms with Crippen LogP contribution in [0.2, 0.25) is 0 Å². The minimum absolute atomic E-state index is 0.0310. The van der Waals surface area contributed by atoms with Gasteiger partial charge in [-0.05, 0) is 51.1 Å². The van der Waals surface area contributed by atoms with Crippen LogP contribution in [0.3, 0.4) is 0 Å². The molecule has 0 bridgehead atoms. The molecule has 1 heterocycles. The normalized spacial score (nSPS) is 15.9. The first-order valence-corrected chi connectivity index (χ1v) is 8.69. The molecule has 1 aliphatic heterocycles. The van der Waals surface area contributed by atoms with Gasteiger partial charge < -0.3 is 25.8 Å². The summed E-state index contributed by atoms with van der Waals surface area (Å²) in [5, 5.41) is 17.3. The summed E-state index contributed by atoms with van der Waals surface area (Å²) in [6.45, 7) is 3.37. The molecule has 2 amide bonds. The number of amides is 2. The molecule has 4 N–H and O–H groups in total. The molecule has 1 atom stereocenters. The fourth-order valence-corrected chi connectivity index (χ4v) is 2.71. The maximum Gasteiger partial charge on any atom is 0.305 e. The molecule has 0 radical (unpaired) electrons. The van der Waals surface area contributed by atoms with Crippen molar-refractivity contribution in [1.29, 1.82) is 0 Å². The Hall–Kier alpha value is -2.45. The molecule has 1 aromatic carbocycles. The zero-order valence-corrected chi connectivity index (χ0v) is 14.8. The first-order chi connectivity index (χ1) is 12.4.